The summed E-state index contributed by atoms with van der Waals surface area (Å²) in [6.45, 7) is 0.877. The van der Waals surface area contributed by atoms with Crippen molar-refractivity contribution in [3.63, 3.8) is 0 Å². The third kappa shape index (κ3) is 3.41. The zero-order valence-corrected chi connectivity index (χ0v) is 14.3. The fourth-order valence-electron chi connectivity index (χ4n) is 4.29. The molecule has 25 heavy (non-hydrogen) atoms. The van der Waals surface area contributed by atoms with Gasteiger partial charge >= 0.3 is 5.63 Å². The zero-order valence-electron chi connectivity index (χ0n) is 14.3. The molecule has 0 radical (unpaired) electrons. The van der Waals surface area contributed by atoms with Gasteiger partial charge in [-0.15, -0.1) is 0 Å². The summed E-state index contributed by atoms with van der Waals surface area (Å²) >= 11 is 0. The van der Waals surface area contributed by atoms with Gasteiger partial charge < -0.3 is 14.1 Å². The van der Waals surface area contributed by atoms with Crippen molar-refractivity contribution in [3.05, 3.63) is 40.8 Å². The van der Waals surface area contributed by atoms with Gasteiger partial charge in [-0.1, -0.05) is 12.8 Å². The Balaban J connectivity index is 1.43. The fourth-order valence-corrected chi connectivity index (χ4v) is 4.29. The number of nitrogens with zero attached hydrogens (tertiary/aromatic N) is 1. The first-order valence-corrected chi connectivity index (χ1v) is 9.17. The molecule has 5 heteroatoms. The number of amides is 1. The highest BCUT2D eigenvalue weighted by molar-refractivity contribution is 5.79. The van der Waals surface area contributed by atoms with Crippen LogP contribution in [0, 0.1) is 5.92 Å². The Hall–Kier alpha value is -2.30. The molecular formula is C20H23NO4. The lowest BCUT2D eigenvalue weighted by Gasteiger charge is -2.44. The van der Waals surface area contributed by atoms with E-state index in [0.29, 0.717) is 23.3 Å². The summed E-state index contributed by atoms with van der Waals surface area (Å²) in [7, 11) is 0. The molecular weight excluding hydrogens is 318 g/mol. The molecule has 2 heterocycles. The van der Waals surface area contributed by atoms with E-state index in [1.54, 1.807) is 18.2 Å². The summed E-state index contributed by atoms with van der Waals surface area (Å²) < 4.78 is 10.9. The second kappa shape index (κ2) is 6.90. The van der Waals surface area contributed by atoms with Crippen LogP contribution in [-0.2, 0) is 4.79 Å². The third-order valence-electron chi connectivity index (χ3n) is 5.52. The topological polar surface area (TPSA) is 59.8 Å². The monoisotopic (exact) mass is 341 g/mol. The van der Waals surface area contributed by atoms with Gasteiger partial charge in [0.2, 0.25) is 0 Å². The second-order valence-corrected chi connectivity index (χ2v) is 7.08. The number of carbonyl (C=O) groups is 1. The predicted molar refractivity (Wildman–Crippen MR) is 94.7 cm³/mol. The van der Waals surface area contributed by atoms with Crippen molar-refractivity contribution in [3.8, 4) is 5.75 Å². The number of rotatable bonds is 3. The molecule has 1 saturated carbocycles. The molecule has 1 aromatic heterocycles. The molecule has 1 amide bonds. The summed E-state index contributed by atoms with van der Waals surface area (Å²) in [4.78, 5) is 26.0. The average Bonchev–Trinajstić information content (AvgIpc) is 2.65. The van der Waals surface area contributed by atoms with Crippen LogP contribution in [-0.4, -0.2) is 30.0 Å². The number of fused-ring (bicyclic) bond motifs is 2. The normalized spacial score (nSPS) is 23.3. The van der Waals surface area contributed by atoms with Crippen LogP contribution in [0.2, 0.25) is 0 Å². The van der Waals surface area contributed by atoms with Crippen LogP contribution in [0.5, 0.6) is 5.75 Å². The quantitative estimate of drug-likeness (QED) is 0.803. The first-order valence-electron chi connectivity index (χ1n) is 9.17. The Morgan fingerprint density at radius 1 is 1.12 bits per heavy atom. The summed E-state index contributed by atoms with van der Waals surface area (Å²) in [6.07, 6.45) is 7.22. The smallest absolute Gasteiger partial charge is 0.336 e. The molecule has 132 valence electrons. The summed E-state index contributed by atoms with van der Waals surface area (Å²) in [6, 6.07) is 8.80. The van der Waals surface area contributed by atoms with E-state index < -0.39 is 5.63 Å². The maximum atomic E-state index is 12.7. The molecule has 1 saturated heterocycles. The lowest BCUT2D eigenvalue weighted by atomic mass is 9.78. The van der Waals surface area contributed by atoms with E-state index >= 15 is 0 Å². The lowest BCUT2D eigenvalue weighted by Crippen LogP contribution is -2.51. The van der Waals surface area contributed by atoms with Gasteiger partial charge in [-0.3, -0.25) is 4.79 Å². The maximum Gasteiger partial charge on any atom is 0.336 e. The molecule has 2 aliphatic rings. The minimum atomic E-state index is -0.391. The highest BCUT2D eigenvalue weighted by Crippen LogP contribution is 2.35. The molecule has 2 fully saturated rings. The first-order chi connectivity index (χ1) is 12.2. The lowest BCUT2D eigenvalue weighted by molar-refractivity contribution is -0.139. The van der Waals surface area contributed by atoms with Gasteiger partial charge in [0.25, 0.3) is 5.91 Å². The molecule has 0 N–H and O–H groups in total. The highest BCUT2D eigenvalue weighted by atomic mass is 16.5. The number of benzene rings is 1. The predicted octanol–water partition coefficient (Wildman–Crippen LogP) is 3.35. The number of ether oxygens (including phenoxy) is 1. The number of piperidine rings is 1. The van der Waals surface area contributed by atoms with Crippen molar-refractivity contribution < 1.29 is 13.9 Å². The number of hydrogen-bond donors (Lipinski definition) is 0. The molecule has 0 bridgehead atoms. The van der Waals surface area contributed by atoms with E-state index in [0.717, 1.165) is 24.8 Å². The van der Waals surface area contributed by atoms with Gasteiger partial charge in [0.15, 0.2) is 6.61 Å². The van der Waals surface area contributed by atoms with Crippen LogP contribution in [0.4, 0.5) is 0 Å². The van der Waals surface area contributed by atoms with E-state index in [2.05, 4.69) is 0 Å². The molecule has 0 unspecified atom stereocenters. The van der Waals surface area contributed by atoms with E-state index in [1.165, 1.54) is 31.7 Å². The molecule has 0 spiro atoms. The van der Waals surface area contributed by atoms with Crippen molar-refractivity contribution in [2.75, 3.05) is 13.2 Å². The van der Waals surface area contributed by atoms with Crippen molar-refractivity contribution in [2.24, 2.45) is 5.92 Å². The molecule has 5 nitrogen and oxygen atoms in total. The van der Waals surface area contributed by atoms with Gasteiger partial charge in [-0.2, -0.15) is 0 Å². The molecule has 4 rings (SSSR count). The van der Waals surface area contributed by atoms with E-state index in [4.69, 9.17) is 9.15 Å². The standard InChI is InChI=1S/C20H23NO4/c22-19(21-11-3-5-14-4-1-2-6-17(14)21)13-24-16-9-7-15-8-10-20(23)25-18(15)12-16/h7-10,12,14,17H,1-6,11,13H2/t14-,17+/m0/s1. The molecule has 1 aromatic carbocycles. The van der Waals surface area contributed by atoms with Crippen LogP contribution < -0.4 is 10.4 Å². The Morgan fingerprint density at radius 2 is 1.92 bits per heavy atom. The van der Waals surface area contributed by atoms with Crippen LogP contribution in [0.3, 0.4) is 0 Å². The molecule has 2 atom stereocenters. The van der Waals surface area contributed by atoms with Gasteiger partial charge in [0.05, 0.1) is 0 Å². The first kappa shape index (κ1) is 16.2. The van der Waals surface area contributed by atoms with Crippen LogP contribution in [0.15, 0.2) is 39.5 Å². The SMILES string of the molecule is O=C(COc1ccc2ccc(=O)oc2c1)N1CCC[C@@H]2CCCC[C@H]21. The average molecular weight is 341 g/mol. The molecule has 1 aliphatic carbocycles. The summed E-state index contributed by atoms with van der Waals surface area (Å²) in [5.41, 5.74) is 0.0835. The molecule has 2 aromatic rings. The number of carbonyl (C=O) groups excluding carboxylic acids is 1. The minimum Gasteiger partial charge on any atom is -0.484 e. The summed E-state index contributed by atoms with van der Waals surface area (Å²) in [5.74, 6) is 1.28. The van der Waals surface area contributed by atoms with Gasteiger partial charge in [0, 0.05) is 30.1 Å². The van der Waals surface area contributed by atoms with Crippen molar-refractivity contribution in [1.29, 1.82) is 0 Å². The van der Waals surface area contributed by atoms with Crippen LogP contribution >= 0.6 is 0 Å². The van der Waals surface area contributed by atoms with Gasteiger partial charge in [-0.25, -0.2) is 4.79 Å². The van der Waals surface area contributed by atoms with E-state index in [-0.39, 0.29) is 12.5 Å². The maximum absolute atomic E-state index is 12.7. The van der Waals surface area contributed by atoms with Gasteiger partial charge in [0.1, 0.15) is 11.3 Å². The minimum absolute atomic E-state index is 0.0335. The van der Waals surface area contributed by atoms with Crippen LogP contribution in [0.1, 0.15) is 38.5 Å². The Morgan fingerprint density at radius 3 is 2.84 bits per heavy atom. The van der Waals surface area contributed by atoms with E-state index in [1.807, 2.05) is 11.0 Å². The Kier molecular flexibility index (Phi) is 4.47. The Labute approximate surface area is 146 Å². The molecule has 1 aliphatic heterocycles. The third-order valence-corrected chi connectivity index (χ3v) is 5.52. The van der Waals surface area contributed by atoms with Crippen LogP contribution in [0.25, 0.3) is 11.0 Å². The second-order valence-electron chi connectivity index (χ2n) is 7.08. The highest BCUT2D eigenvalue weighted by Gasteiger charge is 2.35. The number of likely N-dealkylation sites (tertiary alicyclic amines) is 1. The van der Waals surface area contributed by atoms with Crippen molar-refractivity contribution in [1.82, 2.24) is 4.90 Å². The van der Waals surface area contributed by atoms with Crippen molar-refractivity contribution in [2.45, 2.75) is 44.6 Å². The fraction of sp³-hybridized carbons (Fsp3) is 0.500. The van der Waals surface area contributed by atoms with E-state index in [9.17, 15) is 9.59 Å². The summed E-state index contributed by atoms with van der Waals surface area (Å²) in [5, 5.41) is 0.833. The van der Waals surface area contributed by atoms with Gasteiger partial charge in [-0.05, 0) is 49.8 Å². The largest absolute Gasteiger partial charge is 0.484 e. The zero-order chi connectivity index (χ0) is 17.2. The number of hydrogen-bond acceptors (Lipinski definition) is 4. The Bertz CT molecular complexity index is 826. The van der Waals surface area contributed by atoms with Crippen molar-refractivity contribution >= 4 is 16.9 Å².